The van der Waals surface area contributed by atoms with Crippen molar-refractivity contribution >= 4 is 27.8 Å². The summed E-state index contributed by atoms with van der Waals surface area (Å²) in [5, 5.41) is 4.81. The number of aryl methyl sites for hydroxylation is 2. The molecule has 0 fully saturated rings. The van der Waals surface area contributed by atoms with E-state index in [4.69, 9.17) is 9.15 Å². The molecule has 2 heterocycles. The first-order valence-electron chi connectivity index (χ1n) is 9.97. The van der Waals surface area contributed by atoms with Gasteiger partial charge in [-0.2, -0.15) is 0 Å². The van der Waals surface area contributed by atoms with Crippen molar-refractivity contribution in [2.75, 3.05) is 6.54 Å². The molecule has 1 amide bonds. The highest BCUT2D eigenvalue weighted by Gasteiger charge is 2.18. The summed E-state index contributed by atoms with van der Waals surface area (Å²) in [5.41, 5.74) is 3.95. The number of amides is 1. The Morgan fingerprint density at radius 2 is 2.00 bits per heavy atom. The minimum Gasteiger partial charge on any atom is -0.480 e. The van der Waals surface area contributed by atoms with Gasteiger partial charge < -0.3 is 19.5 Å². The molecule has 2 aromatic carbocycles. The molecule has 0 aliphatic heterocycles. The van der Waals surface area contributed by atoms with Crippen LogP contribution in [0.1, 0.15) is 23.6 Å². The molecule has 6 nitrogen and oxygen atoms in total. The van der Waals surface area contributed by atoms with Crippen molar-refractivity contribution in [3.8, 4) is 5.75 Å². The number of hydrogen-bond acceptors (Lipinski definition) is 4. The van der Waals surface area contributed by atoms with E-state index in [2.05, 4.69) is 16.4 Å². The molecular weight excluding hydrogens is 380 g/mol. The SMILES string of the molecule is Cc1cc(O[C@H](C)C(=O)NCCc2c[nH]c3ccccc23)c2c(C)cc(=O)oc2c1. The van der Waals surface area contributed by atoms with Crippen LogP contribution in [0.5, 0.6) is 5.75 Å². The second-order valence-corrected chi connectivity index (χ2v) is 7.55. The van der Waals surface area contributed by atoms with E-state index in [-0.39, 0.29) is 5.91 Å². The molecule has 0 radical (unpaired) electrons. The van der Waals surface area contributed by atoms with Crippen molar-refractivity contribution in [1.82, 2.24) is 10.3 Å². The molecule has 1 atom stereocenters. The fourth-order valence-corrected chi connectivity index (χ4v) is 3.72. The monoisotopic (exact) mass is 404 g/mol. The minimum absolute atomic E-state index is 0.195. The van der Waals surface area contributed by atoms with Crippen LogP contribution in [0.15, 0.2) is 57.9 Å². The molecule has 0 aliphatic carbocycles. The van der Waals surface area contributed by atoms with Gasteiger partial charge in [0.2, 0.25) is 0 Å². The van der Waals surface area contributed by atoms with E-state index in [0.717, 1.165) is 28.6 Å². The number of nitrogens with one attached hydrogen (secondary N) is 2. The fourth-order valence-electron chi connectivity index (χ4n) is 3.72. The molecule has 2 N–H and O–H groups in total. The van der Waals surface area contributed by atoms with Crippen LogP contribution >= 0.6 is 0 Å². The second kappa shape index (κ2) is 8.06. The summed E-state index contributed by atoms with van der Waals surface area (Å²) in [5.74, 6) is 0.338. The van der Waals surface area contributed by atoms with E-state index < -0.39 is 11.7 Å². The Bertz CT molecular complexity index is 1290. The van der Waals surface area contributed by atoms with Crippen LogP contribution in [0.2, 0.25) is 0 Å². The van der Waals surface area contributed by atoms with Gasteiger partial charge in [0.15, 0.2) is 6.10 Å². The normalized spacial score (nSPS) is 12.2. The second-order valence-electron chi connectivity index (χ2n) is 7.55. The minimum atomic E-state index is -0.690. The number of aromatic nitrogens is 1. The molecule has 6 heteroatoms. The van der Waals surface area contributed by atoms with Crippen molar-refractivity contribution in [2.24, 2.45) is 0 Å². The van der Waals surface area contributed by atoms with Crippen molar-refractivity contribution in [1.29, 1.82) is 0 Å². The average Bonchev–Trinajstić information content (AvgIpc) is 3.10. The van der Waals surface area contributed by atoms with Crippen molar-refractivity contribution in [3.05, 3.63) is 75.8 Å². The quantitative estimate of drug-likeness (QED) is 0.476. The molecule has 0 saturated heterocycles. The third-order valence-corrected chi connectivity index (χ3v) is 5.19. The van der Waals surface area contributed by atoms with Gasteiger partial charge in [-0.05, 0) is 62.1 Å². The summed E-state index contributed by atoms with van der Waals surface area (Å²) in [6.07, 6.45) is 2.01. The number of benzene rings is 2. The van der Waals surface area contributed by atoms with Gasteiger partial charge in [0.05, 0.1) is 5.39 Å². The Kier molecular flexibility index (Phi) is 5.31. The van der Waals surface area contributed by atoms with Gasteiger partial charge in [0.1, 0.15) is 11.3 Å². The third-order valence-electron chi connectivity index (χ3n) is 5.19. The van der Waals surface area contributed by atoms with Crippen LogP contribution in [-0.2, 0) is 11.2 Å². The maximum atomic E-state index is 12.6. The predicted octanol–water partition coefficient (Wildman–Crippen LogP) is 4.02. The highest BCUT2D eigenvalue weighted by Crippen LogP contribution is 2.30. The van der Waals surface area contributed by atoms with Crippen LogP contribution in [0.25, 0.3) is 21.9 Å². The van der Waals surface area contributed by atoms with Crippen molar-refractivity contribution < 1.29 is 13.9 Å². The van der Waals surface area contributed by atoms with Gasteiger partial charge >= 0.3 is 5.63 Å². The first kappa shape index (κ1) is 19.8. The van der Waals surface area contributed by atoms with Crippen LogP contribution in [0.3, 0.4) is 0 Å². The molecule has 2 aromatic heterocycles. The number of carbonyl (C=O) groups is 1. The topological polar surface area (TPSA) is 84.3 Å². The molecule has 30 heavy (non-hydrogen) atoms. The number of para-hydroxylation sites is 1. The van der Waals surface area contributed by atoms with Crippen molar-refractivity contribution in [3.63, 3.8) is 0 Å². The van der Waals surface area contributed by atoms with E-state index in [0.29, 0.717) is 23.3 Å². The molecule has 0 spiro atoms. The standard InChI is InChI=1S/C24H24N2O4/c1-14-10-20(23-15(2)12-22(27)30-21(23)11-14)29-16(3)24(28)25-9-8-17-13-26-19-7-5-4-6-18(17)19/h4-7,10-13,16,26H,8-9H2,1-3H3,(H,25,28)/t16-/m1/s1. The van der Waals surface area contributed by atoms with Gasteiger partial charge in [-0.1, -0.05) is 18.2 Å². The van der Waals surface area contributed by atoms with E-state index in [1.165, 1.54) is 11.5 Å². The molecule has 4 rings (SSSR count). The molecule has 0 aliphatic rings. The fraction of sp³-hybridized carbons (Fsp3) is 0.250. The van der Waals surface area contributed by atoms with Crippen LogP contribution in [-0.4, -0.2) is 23.5 Å². The smallest absolute Gasteiger partial charge is 0.336 e. The van der Waals surface area contributed by atoms with Gasteiger partial charge in [-0.3, -0.25) is 4.79 Å². The van der Waals surface area contributed by atoms with Gasteiger partial charge in [0.25, 0.3) is 5.91 Å². The van der Waals surface area contributed by atoms with Gasteiger partial charge in [-0.25, -0.2) is 4.79 Å². The molecule has 0 unspecified atom stereocenters. The lowest BCUT2D eigenvalue weighted by Gasteiger charge is -2.17. The zero-order valence-corrected chi connectivity index (χ0v) is 17.2. The van der Waals surface area contributed by atoms with E-state index >= 15 is 0 Å². The molecule has 4 aromatic rings. The first-order valence-corrected chi connectivity index (χ1v) is 9.97. The highest BCUT2D eigenvalue weighted by atomic mass is 16.5. The largest absolute Gasteiger partial charge is 0.480 e. The molecular formula is C24H24N2O4. The number of fused-ring (bicyclic) bond motifs is 2. The number of ether oxygens (including phenoxy) is 1. The zero-order valence-electron chi connectivity index (χ0n) is 17.2. The van der Waals surface area contributed by atoms with Crippen LogP contribution < -0.4 is 15.7 Å². The number of carbonyl (C=O) groups excluding carboxylic acids is 1. The Morgan fingerprint density at radius 1 is 1.20 bits per heavy atom. The van der Waals surface area contributed by atoms with Crippen molar-refractivity contribution in [2.45, 2.75) is 33.3 Å². The number of aromatic amines is 1. The summed E-state index contributed by atoms with van der Waals surface area (Å²) in [6, 6.07) is 13.2. The summed E-state index contributed by atoms with van der Waals surface area (Å²) in [6.45, 7) is 5.94. The Hall–Kier alpha value is -3.54. The van der Waals surface area contributed by atoms with E-state index in [1.54, 1.807) is 13.0 Å². The summed E-state index contributed by atoms with van der Waals surface area (Å²) in [7, 11) is 0. The Balaban J connectivity index is 1.44. The third kappa shape index (κ3) is 3.94. The lowest BCUT2D eigenvalue weighted by molar-refractivity contribution is -0.127. The zero-order chi connectivity index (χ0) is 21.3. The predicted molar refractivity (Wildman–Crippen MR) is 117 cm³/mol. The lowest BCUT2D eigenvalue weighted by Crippen LogP contribution is -2.37. The first-order chi connectivity index (χ1) is 14.4. The number of hydrogen-bond donors (Lipinski definition) is 2. The molecule has 154 valence electrons. The van der Waals surface area contributed by atoms with Gasteiger partial charge in [-0.15, -0.1) is 0 Å². The summed E-state index contributed by atoms with van der Waals surface area (Å²) >= 11 is 0. The van der Waals surface area contributed by atoms with E-state index in [9.17, 15) is 9.59 Å². The van der Waals surface area contributed by atoms with Crippen LogP contribution in [0.4, 0.5) is 0 Å². The number of rotatable bonds is 6. The maximum Gasteiger partial charge on any atom is 0.336 e. The highest BCUT2D eigenvalue weighted by molar-refractivity contribution is 5.88. The Morgan fingerprint density at radius 3 is 2.83 bits per heavy atom. The van der Waals surface area contributed by atoms with E-state index in [1.807, 2.05) is 44.3 Å². The molecule has 0 bridgehead atoms. The number of H-pyrrole nitrogens is 1. The van der Waals surface area contributed by atoms with Gasteiger partial charge in [0, 0.05) is 29.7 Å². The Labute approximate surface area is 173 Å². The summed E-state index contributed by atoms with van der Waals surface area (Å²) < 4.78 is 11.3. The van der Waals surface area contributed by atoms with Crippen LogP contribution in [0, 0.1) is 13.8 Å². The summed E-state index contributed by atoms with van der Waals surface area (Å²) in [4.78, 5) is 27.5. The lowest BCUT2D eigenvalue weighted by atomic mass is 10.1. The average molecular weight is 404 g/mol. The maximum absolute atomic E-state index is 12.6. The molecule has 0 saturated carbocycles.